The van der Waals surface area contributed by atoms with E-state index >= 15 is 0 Å². The number of amides is 4. The Kier molecular flexibility index (Phi) is 21.7. The minimum atomic E-state index is -1.96. The molecule has 1 fully saturated rings. The average molecular weight is 1200 g/mol. The number of anilines is 2. The van der Waals surface area contributed by atoms with Gasteiger partial charge in [-0.25, -0.2) is 14.3 Å². The molecule has 4 heterocycles. The van der Waals surface area contributed by atoms with Crippen LogP contribution in [0.2, 0.25) is 0 Å². The van der Waals surface area contributed by atoms with Crippen LogP contribution >= 0.6 is 15.9 Å². The van der Waals surface area contributed by atoms with Crippen LogP contribution in [-0.4, -0.2) is 161 Å². The predicted molar refractivity (Wildman–Crippen MR) is 299 cm³/mol. The Balaban J connectivity index is 0.00000968. The molecule has 7 N–H and O–H groups in total. The fourth-order valence-corrected chi connectivity index (χ4v) is 9.54. The van der Waals surface area contributed by atoms with Gasteiger partial charge in [0, 0.05) is 82.8 Å². The molecule has 0 radical (unpaired) electrons. The number of aliphatic carboxylic acids is 1. The lowest BCUT2D eigenvalue weighted by Crippen LogP contribution is -2.61. The number of nitrogens with zero attached hydrogens (tertiary/aromatic N) is 4. The number of aliphatic hydroxyl groups is 3. The normalized spacial score (nSPS) is 18.1. The highest BCUT2D eigenvalue weighted by Crippen LogP contribution is 2.40. The number of pyridine rings is 1. The fourth-order valence-electron chi connectivity index (χ4n) is 9.08. The third-order valence-electron chi connectivity index (χ3n) is 13.4. The number of aryl methyl sites for hydroxylation is 2. The van der Waals surface area contributed by atoms with Crippen LogP contribution in [0, 0.1) is 26.7 Å². The van der Waals surface area contributed by atoms with Gasteiger partial charge >= 0.3 is 5.97 Å². The lowest BCUT2D eigenvalue weighted by molar-refractivity contribution is -0.688. The zero-order valence-electron chi connectivity index (χ0n) is 45.1. The largest absolute Gasteiger partial charge is 0.479 e. The van der Waals surface area contributed by atoms with Gasteiger partial charge in [-0.1, -0.05) is 21.9 Å². The van der Waals surface area contributed by atoms with Crippen LogP contribution in [-0.2, 0) is 62.4 Å². The SMILES string of the molecule is C#CCN(Cc1cc2c(=O)[nH]c(C)nc2cc1Br)c1ccc(C(=O)CCc2ccc[n+](Cc3ccc(O[C@@H]4O[C@H](C(=O)O)[C@@H](O)[C@H](O)[C@H]4O)c(NC(=O)CCNC(=O)CCOCCOCCOCCN4C(=O)C5=C(C5)C4=O)c3)c2)cc1.[CH3-]. The van der Waals surface area contributed by atoms with Gasteiger partial charge in [0.15, 0.2) is 30.8 Å². The molecule has 1 aliphatic carbocycles. The fraction of sp³-hybridized carbons (Fsp3) is 0.379. The van der Waals surface area contributed by atoms with Gasteiger partial charge in [0.2, 0.25) is 18.1 Å². The van der Waals surface area contributed by atoms with Crippen molar-refractivity contribution in [3.63, 3.8) is 0 Å². The molecule has 0 saturated carbocycles. The second-order valence-corrected chi connectivity index (χ2v) is 20.2. The number of aromatic amines is 1. The number of carboxylic acid groups (broad SMARTS) is 1. The van der Waals surface area contributed by atoms with Gasteiger partial charge in [0.1, 0.15) is 29.9 Å². The number of ketones is 1. The highest BCUT2D eigenvalue weighted by atomic mass is 79.9. The monoisotopic (exact) mass is 1190 g/mol. The number of rotatable bonds is 29. The van der Waals surface area contributed by atoms with E-state index in [1.807, 2.05) is 46.1 Å². The van der Waals surface area contributed by atoms with Crippen molar-refractivity contribution in [1.82, 2.24) is 20.2 Å². The summed E-state index contributed by atoms with van der Waals surface area (Å²) >= 11 is 3.62. The maximum absolute atomic E-state index is 13.5. The van der Waals surface area contributed by atoms with E-state index in [1.165, 1.54) is 11.0 Å². The number of terminal acetylenes is 1. The number of nitrogens with one attached hydrogen (secondary N) is 3. The molecule has 82 heavy (non-hydrogen) atoms. The summed E-state index contributed by atoms with van der Waals surface area (Å²) in [5.41, 5.74) is 5.25. The van der Waals surface area contributed by atoms with E-state index < -0.39 is 42.6 Å². The predicted octanol–water partition coefficient (Wildman–Crippen LogP) is 2.46. The van der Waals surface area contributed by atoms with Crippen molar-refractivity contribution in [3.8, 4) is 18.1 Å². The van der Waals surface area contributed by atoms with Gasteiger partial charge < -0.3 is 72.1 Å². The Morgan fingerprint density at radius 3 is 2.29 bits per heavy atom. The zero-order chi connectivity index (χ0) is 57.7. The summed E-state index contributed by atoms with van der Waals surface area (Å²) in [6.45, 7) is 4.04. The van der Waals surface area contributed by atoms with E-state index in [4.69, 9.17) is 30.1 Å². The Labute approximate surface area is 480 Å². The first-order valence-corrected chi connectivity index (χ1v) is 26.9. The number of halogens is 1. The van der Waals surface area contributed by atoms with E-state index in [1.54, 1.807) is 43.3 Å². The molecule has 3 aromatic carbocycles. The van der Waals surface area contributed by atoms with E-state index in [0.29, 0.717) is 58.4 Å². The van der Waals surface area contributed by atoms with Crippen LogP contribution in [0.4, 0.5) is 11.4 Å². The number of piperidine rings is 1. The molecule has 434 valence electrons. The summed E-state index contributed by atoms with van der Waals surface area (Å²) in [6.07, 6.45) is 0.898. The molecule has 4 amide bonds. The van der Waals surface area contributed by atoms with E-state index in [-0.39, 0.29) is 133 Å². The summed E-state index contributed by atoms with van der Waals surface area (Å²) < 4.78 is 30.2. The van der Waals surface area contributed by atoms with Crippen LogP contribution in [0.25, 0.3) is 10.9 Å². The van der Waals surface area contributed by atoms with Crippen molar-refractivity contribution in [1.29, 1.82) is 0 Å². The van der Waals surface area contributed by atoms with Crippen LogP contribution < -0.4 is 30.4 Å². The summed E-state index contributed by atoms with van der Waals surface area (Å²) in [5, 5.41) is 46.8. The Bertz CT molecular complexity index is 3290. The van der Waals surface area contributed by atoms with Gasteiger partial charge in [0.05, 0.1) is 69.3 Å². The molecule has 2 aliphatic heterocycles. The number of likely N-dealkylation sites (tertiary alicyclic amines) is 1. The Morgan fingerprint density at radius 1 is 0.878 bits per heavy atom. The van der Waals surface area contributed by atoms with Crippen LogP contribution in [0.5, 0.6) is 5.75 Å². The number of aromatic nitrogens is 3. The van der Waals surface area contributed by atoms with E-state index in [2.05, 4.69) is 42.5 Å². The molecule has 0 unspecified atom stereocenters. The quantitative estimate of drug-likeness (QED) is 0.00903. The molecule has 23 nitrogen and oxygen atoms in total. The number of hydrogen-bond acceptors (Lipinski definition) is 17. The molecule has 3 aliphatic rings. The summed E-state index contributed by atoms with van der Waals surface area (Å²) in [7, 11) is 0. The number of carbonyl (C=O) groups is 6. The van der Waals surface area contributed by atoms with Gasteiger partial charge in [-0.05, 0) is 79.6 Å². The first kappa shape index (κ1) is 61.9. The lowest BCUT2D eigenvalue weighted by atomic mass is 9.99. The minimum Gasteiger partial charge on any atom is -0.479 e. The highest BCUT2D eigenvalue weighted by molar-refractivity contribution is 9.10. The van der Waals surface area contributed by atoms with Crippen molar-refractivity contribution in [2.24, 2.45) is 0 Å². The molecule has 0 spiro atoms. The summed E-state index contributed by atoms with van der Waals surface area (Å²) in [4.78, 5) is 98.1. The molecule has 1 saturated heterocycles. The number of carboxylic acids is 1. The molecule has 24 heteroatoms. The Hall–Kier alpha value is -7.73. The molecule has 8 rings (SSSR count). The molecular weight excluding hydrogens is 1130 g/mol. The summed E-state index contributed by atoms with van der Waals surface area (Å²) in [6, 6.07) is 19.2. The third kappa shape index (κ3) is 16.0. The molecule has 0 bridgehead atoms. The molecule has 5 atom stereocenters. The topological polar surface area (TPSA) is 310 Å². The number of Topliss-reactive ketones (excluding diaryl/α,β-unsaturated/α-hetero) is 1. The van der Waals surface area contributed by atoms with Crippen molar-refractivity contribution < 1.29 is 77.4 Å². The number of hydrogen-bond donors (Lipinski definition) is 7. The first-order chi connectivity index (χ1) is 39.0. The number of carbonyl (C=O) groups excluding carboxylic acids is 5. The van der Waals surface area contributed by atoms with Crippen molar-refractivity contribution in [2.75, 3.05) is 69.5 Å². The number of ether oxygens (including phenoxy) is 5. The van der Waals surface area contributed by atoms with Gasteiger partial charge in [-0.3, -0.25) is 33.7 Å². The van der Waals surface area contributed by atoms with Crippen LogP contribution in [0.15, 0.2) is 99.5 Å². The maximum Gasteiger partial charge on any atom is 0.335 e. The zero-order valence-corrected chi connectivity index (χ0v) is 46.7. The average Bonchev–Trinajstić information content (AvgIpc) is 4.25. The van der Waals surface area contributed by atoms with E-state index in [9.17, 15) is 54.0 Å². The van der Waals surface area contributed by atoms with Crippen molar-refractivity contribution in [3.05, 3.63) is 141 Å². The highest BCUT2D eigenvalue weighted by Gasteiger charge is 2.49. The molecule has 5 aromatic rings. The van der Waals surface area contributed by atoms with Crippen LogP contribution in [0.1, 0.15) is 58.6 Å². The minimum absolute atomic E-state index is 0. The maximum atomic E-state index is 13.5. The second kappa shape index (κ2) is 28.8. The number of H-pyrrole nitrogens is 1. The third-order valence-corrected chi connectivity index (χ3v) is 14.2. The molecular formula is C58H64BrN7O16. The number of aliphatic hydroxyl groups excluding tert-OH is 3. The van der Waals surface area contributed by atoms with E-state index in [0.717, 1.165) is 21.3 Å². The smallest absolute Gasteiger partial charge is 0.335 e. The number of fused-ring (bicyclic) bond motifs is 1. The Morgan fingerprint density at radius 2 is 1.59 bits per heavy atom. The lowest BCUT2D eigenvalue weighted by Gasteiger charge is -2.38. The van der Waals surface area contributed by atoms with Crippen molar-refractivity contribution in [2.45, 2.75) is 82.8 Å². The van der Waals surface area contributed by atoms with Crippen molar-refractivity contribution >= 4 is 73.6 Å². The standard InChI is InChI=1S/C57H60BrN7O16.CH3/c1-3-17-64(32-37-27-41-43(29-42(37)58)60-33(2)61-53(41)72)38-10-8-36(9-11-38)45(66)12-6-34-5-4-18-63(30-34)31-35-7-13-46(80-57-51(71)49(69)50(70)52(81-57)56(75)76)44(26-35)62-48(68)14-16-59-47(67)15-20-77-22-24-79-25-23-78-21-19-65-54(73)39-28-40(39)55(65)74;/h1,4-5,7-11,13,18,26-27,29-30,49-52,57,69-71H,6,12,14-17,19-25,28,31-32H2,2H3,(H3-,59,60,61,62,67,68,72,75,76);1H3/q;-1/p+1/t49-,50-,51+,52-,57+;/m0./s1. The first-order valence-electron chi connectivity index (χ1n) is 26.1. The number of imide groups is 1. The summed E-state index contributed by atoms with van der Waals surface area (Å²) in [5.74, 6) is 0.0522. The van der Waals surface area contributed by atoms with Gasteiger partial charge in [-0.2, -0.15) is 0 Å². The van der Waals surface area contributed by atoms with Gasteiger partial charge in [-0.15, -0.1) is 6.42 Å². The van der Waals surface area contributed by atoms with Crippen LogP contribution in [0.3, 0.4) is 0 Å². The van der Waals surface area contributed by atoms with Gasteiger partial charge in [0.25, 0.3) is 17.4 Å². The molecule has 2 aromatic heterocycles. The number of benzene rings is 3. The second-order valence-electron chi connectivity index (χ2n) is 19.3.